The molecule has 0 aliphatic carbocycles. The lowest BCUT2D eigenvalue weighted by Gasteiger charge is -2.18. The molecule has 26 heavy (non-hydrogen) atoms. The van der Waals surface area contributed by atoms with Gasteiger partial charge in [0.15, 0.2) is 0 Å². The lowest BCUT2D eigenvalue weighted by Crippen LogP contribution is -2.35. The van der Waals surface area contributed by atoms with E-state index in [0.717, 1.165) is 15.7 Å². The molecule has 0 bridgehead atoms. The highest BCUT2D eigenvalue weighted by Crippen LogP contribution is 2.20. The van der Waals surface area contributed by atoms with Gasteiger partial charge in [-0.1, -0.05) is 39.7 Å². The molecule has 0 aliphatic heterocycles. The predicted molar refractivity (Wildman–Crippen MR) is 109 cm³/mol. The standard InChI is InChI=1S/C21H25BrN2O2/c1-14-5-6-17(15(2)11-14)7-10-21(26)24(4)13-20(25)23-19-9-8-18(22)12-16(19)3/h5-6,8-9,11-12H,7,10,13H2,1-4H3,(H,23,25). The van der Waals surface area contributed by atoms with Crippen molar-refractivity contribution in [2.75, 3.05) is 18.9 Å². The third-order valence-electron chi connectivity index (χ3n) is 4.38. The first kappa shape index (κ1) is 20.2. The van der Waals surface area contributed by atoms with E-state index in [1.165, 1.54) is 21.6 Å². The molecule has 2 amide bonds. The minimum atomic E-state index is -0.196. The van der Waals surface area contributed by atoms with Gasteiger partial charge in [-0.05, 0) is 62.1 Å². The number of benzene rings is 2. The number of rotatable bonds is 6. The van der Waals surface area contributed by atoms with Gasteiger partial charge in [0.05, 0.1) is 6.54 Å². The molecule has 5 heteroatoms. The summed E-state index contributed by atoms with van der Waals surface area (Å²) < 4.78 is 0.965. The van der Waals surface area contributed by atoms with Crippen LogP contribution in [0.5, 0.6) is 0 Å². The monoisotopic (exact) mass is 416 g/mol. The molecule has 0 heterocycles. The lowest BCUT2D eigenvalue weighted by molar-refractivity contribution is -0.133. The predicted octanol–water partition coefficient (Wildman–Crippen LogP) is 4.40. The molecule has 0 saturated carbocycles. The Morgan fingerprint density at radius 2 is 1.77 bits per heavy atom. The van der Waals surface area contributed by atoms with Crippen LogP contribution in [0.25, 0.3) is 0 Å². The molecule has 2 aromatic rings. The molecule has 0 radical (unpaired) electrons. The molecule has 0 saturated heterocycles. The molecule has 0 fully saturated rings. The van der Waals surface area contributed by atoms with Gasteiger partial charge in [0.2, 0.25) is 11.8 Å². The minimum absolute atomic E-state index is 0.0346. The number of hydrogen-bond acceptors (Lipinski definition) is 2. The Bertz CT molecular complexity index is 818. The number of likely N-dealkylation sites (N-methyl/N-ethyl adjacent to an activating group) is 1. The van der Waals surface area contributed by atoms with E-state index in [2.05, 4.69) is 53.3 Å². The van der Waals surface area contributed by atoms with Crippen molar-refractivity contribution < 1.29 is 9.59 Å². The lowest BCUT2D eigenvalue weighted by atomic mass is 10.0. The van der Waals surface area contributed by atoms with Crippen molar-refractivity contribution in [2.45, 2.75) is 33.6 Å². The smallest absolute Gasteiger partial charge is 0.243 e. The fourth-order valence-electron chi connectivity index (χ4n) is 2.82. The highest BCUT2D eigenvalue weighted by molar-refractivity contribution is 9.10. The fraction of sp³-hybridized carbons (Fsp3) is 0.333. The first-order valence-electron chi connectivity index (χ1n) is 8.62. The SMILES string of the molecule is Cc1ccc(CCC(=O)N(C)CC(=O)Nc2ccc(Br)cc2C)c(C)c1. The van der Waals surface area contributed by atoms with Crippen molar-refractivity contribution in [1.29, 1.82) is 0 Å². The first-order chi connectivity index (χ1) is 12.3. The summed E-state index contributed by atoms with van der Waals surface area (Å²) in [7, 11) is 1.67. The maximum absolute atomic E-state index is 12.3. The summed E-state index contributed by atoms with van der Waals surface area (Å²) in [5, 5.41) is 2.86. The van der Waals surface area contributed by atoms with Gasteiger partial charge in [0.1, 0.15) is 0 Å². The Morgan fingerprint density at radius 3 is 2.42 bits per heavy atom. The molecule has 138 valence electrons. The van der Waals surface area contributed by atoms with Crippen LogP contribution in [0.4, 0.5) is 5.69 Å². The summed E-state index contributed by atoms with van der Waals surface area (Å²) in [6.07, 6.45) is 1.08. The van der Waals surface area contributed by atoms with Gasteiger partial charge in [0.25, 0.3) is 0 Å². The average Bonchev–Trinajstić information content (AvgIpc) is 2.56. The van der Waals surface area contributed by atoms with Gasteiger partial charge >= 0.3 is 0 Å². The van der Waals surface area contributed by atoms with Crippen LogP contribution in [0.2, 0.25) is 0 Å². The number of halogens is 1. The van der Waals surface area contributed by atoms with E-state index >= 15 is 0 Å². The van der Waals surface area contributed by atoms with Crippen LogP contribution in [-0.2, 0) is 16.0 Å². The molecule has 0 spiro atoms. The third-order valence-corrected chi connectivity index (χ3v) is 4.87. The molecule has 0 atom stereocenters. The van der Waals surface area contributed by atoms with E-state index in [1.54, 1.807) is 7.05 Å². The molecule has 0 unspecified atom stereocenters. The number of amides is 2. The maximum atomic E-state index is 12.3. The largest absolute Gasteiger partial charge is 0.336 e. The number of nitrogens with one attached hydrogen (secondary N) is 1. The van der Waals surface area contributed by atoms with E-state index < -0.39 is 0 Å². The van der Waals surface area contributed by atoms with E-state index in [1.807, 2.05) is 25.1 Å². The van der Waals surface area contributed by atoms with Gasteiger partial charge in [-0.25, -0.2) is 0 Å². The Balaban J connectivity index is 1.86. The van der Waals surface area contributed by atoms with E-state index in [0.29, 0.717) is 12.8 Å². The van der Waals surface area contributed by atoms with Crippen molar-refractivity contribution in [3.05, 3.63) is 63.1 Å². The summed E-state index contributed by atoms with van der Waals surface area (Å²) in [6.45, 7) is 6.09. The number of hydrogen-bond donors (Lipinski definition) is 1. The topological polar surface area (TPSA) is 49.4 Å². The van der Waals surface area contributed by atoms with Crippen LogP contribution >= 0.6 is 15.9 Å². The van der Waals surface area contributed by atoms with Crippen LogP contribution in [0.1, 0.15) is 28.7 Å². The molecule has 0 aromatic heterocycles. The van der Waals surface area contributed by atoms with Crippen molar-refractivity contribution in [3.8, 4) is 0 Å². The first-order valence-corrected chi connectivity index (χ1v) is 9.41. The van der Waals surface area contributed by atoms with E-state index in [-0.39, 0.29) is 18.4 Å². The Hall–Kier alpha value is -2.14. The summed E-state index contributed by atoms with van der Waals surface area (Å²) >= 11 is 3.40. The van der Waals surface area contributed by atoms with Crippen molar-refractivity contribution in [3.63, 3.8) is 0 Å². The normalized spacial score (nSPS) is 10.5. The van der Waals surface area contributed by atoms with Gasteiger partial charge in [-0.3, -0.25) is 9.59 Å². The van der Waals surface area contributed by atoms with Crippen LogP contribution in [-0.4, -0.2) is 30.3 Å². The Kier molecular flexibility index (Phi) is 6.98. The summed E-state index contributed by atoms with van der Waals surface area (Å²) in [5.74, 6) is -0.231. The highest BCUT2D eigenvalue weighted by atomic mass is 79.9. The molecule has 0 aliphatic rings. The summed E-state index contributed by atoms with van der Waals surface area (Å²) in [5.41, 5.74) is 5.32. The van der Waals surface area contributed by atoms with Gasteiger partial charge in [-0.2, -0.15) is 0 Å². The van der Waals surface area contributed by atoms with Crippen LogP contribution in [0.3, 0.4) is 0 Å². The molecule has 2 aromatic carbocycles. The zero-order valence-electron chi connectivity index (χ0n) is 15.7. The average molecular weight is 417 g/mol. The minimum Gasteiger partial charge on any atom is -0.336 e. The van der Waals surface area contributed by atoms with Gasteiger partial charge in [0, 0.05) is 23.6 Å². The Morgan fingerprint density at radius 1 is 1.04 bits per heavy atom. The van der Waals surface area contributed by atoms with Crippen LogP contribution < -0.4 is 5.32 Å². The number of carbonyl (C=O) groups is 2. The van der Waals surface area contributed by atoms with Crippen molar-refractivity contribution in [1.82, 2.24) is 4.90 Å². The third kappa shape index (κ3) is 5.70. The van der Waals surface area contributed by atoms with E-state index in [4.69, 9.17) is 0 Å². The zero-order valence-corrected chi connectivity index (χ0v) is 17.3. The van der Waals surface area contributed by atoms with Gasteiger partial charge < -0.3 is 10.2 Å². The van der Waals surface area contributed by atoms with E-state index in [9.17, 15) is 9.59 Å². The van der Waals surface area contributed by atoms with Crippen LogP contribution in [0.15, 0.2) is 40.9 Å². The molecule has 1 N–H and O–H groups in total. The van der Waals surface area contributed by atoms with Crippen molar-refractivity contribution >= 4 is 33.4 Å². The van der Waals surface area contributed by atoms with Crippen molar-refractivity contribution in [2.24, 2.45) is 0 Å². The summed E-state index contributed by atoms with van der Waals surface area (Å²) in [4.78, 5) is 26.0. The summed E-state index contributed by atoms with van der Waals surface area (Å²) in [6, 6.07) is 11.9. The number of carbonyl (C=O) groups excluding carboxylic acids is 2. The number of nitrogens with zero attached hydrogens (tertiary/aromatic N) is 1. The second-order valence-corrected chi connectivity index (χ2v) is 7.60. The highest BCUT2D eigenvalue weighted by Gasteiger charge is 2.14. The van der Waals surface area contributed by atoms with Gasteiger partial charge in [-0.15, -0.1) is 0 Å². The molecule has 4 nitrogen and oxygen atoms in total. The molecular weight excluding hydrogens is 392 g/mol. The maximum Gasteiger partial charge on any atom is 0.243 e. The second-order valence-electron chi connectivity index (χ2n) is 6.69. The Labute approximate surface area is 163 Å². The second kappa shape index (κ2) is 8.99. The quantitative estimate of drug-likeness (QED) is 0.757. The van der Waals surface area contributed by atoms with Crippen LogP contribution in [0, 0.1) is 20.8 Å². The zero-order chi connectivity index (χ0) is 19.3. The number of anilines is 1. The number of aryl methyl sites for hydroxylation is 4. The fourth-order valence-corrected chi connectivity index (χ4v) is 3.29. The molecular formula is C21H25BrN2O2. The molecule has 2 rings (SSSR count).